The number of rotatable bonds is 3. The number of carbonyl (C=O) groups is 1. The second-order valence-corrected chi connectivity index (χ2v) is 4.88. The molecule has 1 unspecified atom stereocenters. The molecule has 1 N–H and O–H groups in total. The van der Waals surface area contributed by atoms with E-state index in [1.807, 2.05) is 11.1 Å². The molecule has 1 heterocycles. The number of pyridine rings is 1. The van der Waals surface area contributed by atoms with Crippen LogP contribution in [0.25, 0.3) is 0 Å². The van der Waals surface area contributed by atoms with Gasteiger partial charge in [0.25, 0.3) is 11.5 Å². The maximum atomic E-state index is 12.7. The monoisotopic (exact) mass is 299 g/mol. The van der Waals surface area contributed by atoms with Crippen molar-refractivity contribution in [2.75, 3.05) is 0 Å². The molecule has 1 aromatic heterocycles. The maximum Gasteiger partial charge on any atom is 0.417 e. The Bertz CT molecular complexity index is 656. The summed E-state index contributed by atoms with van der Waals surface area (Å²) in [6.45, 7) is 1.47. The van der Waals surface area contributed by atoms with Crippen LogP contribution in [0.5, 0.6) is 0 Å². The van der Waals surface area contributed by atoms with Crippen molar-refractivity contribution in [3.63, 3.8) is 0 Å². The van der Waals surface area contributed by atoms with Crippen molar-refractivity contribution in [2.45, 2.75) is 38.0 Å². The van der Waals surface area contributed by atoms with Crippen LogP contribution in [0, 0.1) is 11.3 Å². The number of carbonyl (C=O) groups excluding carboxylic acids is 1. The van der Waals surface area contributed by atoms with Crippen molar-refractivity contribution in [3.8, 4) is 6.07 Å². The summed E-state index contributed by atoms with van der Waals surface area (Å²) in [7, 11) is 0. The third kappa shape index (κ3) is 3.07. The Kier molecular flexibility index (Phi) is 3.77. The summed E-state index contributed by atoms with van der Waals surface area (Å²) >= 11 is 0. The van der Waals surface area contributed by atoms with Crippen LogP contribution in [0.1, 0.15) is 35.7 Å². The van der Waals surface area contributed by atoms with Crippen LogP contribution < -0.4 is 5.56 Å². The number of hydrogen-bond donors (Lipinski definition) is 1. The first kappa shape index (κ1) is 15.1. The maximum absolute atomic E-state index is 12.7. The molecule has 5 nitrogen and oxygen atoms in total. The van der Waals surface area contributed by atoms with Gasteiger partial charge in [-0.1, -0.05) is 0 Å². The van der Waals surface area contributed by atoms with Crippen LogP contribution >= 0.6 is 0 Å². The zero-order valence-corrected chi connectivity index (χ0v) is 11.1. The first-order valence-electron chi connectivity index (χ1n) is 6.28. The molecule has 0 aromatic carbocycles. The van der Waals surface area contributed by atoms with Crippen molar-refractivity contribution in [3.05, 3.63) is 33.7 Å². The molecule has 1 atom stereocenters. The van der Waals surface area contributed by atoms with Crippen LogP contribution in [0.2, 0.25) is 0 Å². The van der Waals surface area contributed by atoms with Gasteiger partial charge in [0.2, 0.25) is 0 Å². The number of aromatic nitrogens is 1. The lowest BCUT2D eigenvalue weighted by Crippen LogP contribution is -2.42. The second-order valence-electron chi connectivity index (χ2n) is 4.88. The number of nitrogens with one attached hydrogen (secondary N) is 1. The molecule has 1 aromatic rings. The van der Waals surface area contributed by atoms with E-state index in [1.54, 1.807) is 0 Å². The largest absolute Gasteiger partial charge is 0.417 e. The van der Waals surface area contributed by atoms with Gasteiger partial charge >= 0.3 is 6.18 Å². The van der Waals surface area contributed by atoms with Gasteiger partial charge < -0.3 is 9.88 Å². The molecule has 2 rings (SSSR count). The van der Waals surface area contributed by atoms with Crippen molar-refractivity contribution in [2.24, 2.45) is 0 Å². The van der Waals surface area contributed by atoms with E-state index in [4.69, 9.17) is 5.26 Å². The van der Waals surface area contributed by atoms with E-state index in [-0.39, 0.29) is 6.04 Å². The predicted octanol–water partition coefficient (Wildman–Crippen LogP) is 1.91. The molecule has 0 radical (unpaired) electrons. The lowest BCUT2D eigenvalue weighted by molar-refractivity contribution is -0.137. The Morgan fingerprint density at radius 3 is 2.62 bits per heavy atom. The van der Waals surface area contributed by atoms with E-state index < -0.39 is 34.8 Å². The lowest BCUT2D eigenvalue weighted by atomic mass is 10.1. The highest BCUT2D eigenvalue weighted by Gasteiger charge is 2.38. The van der Waals surface area contributed by atoms with E-state index in [9.17, 15) is 22.8 Å². The molecule has 0 bridgehead atoms. The fraction of sp³-hybridized carbons (Fsp3) is 0.462. The highest BCUT2D eigenvalue weighted by molar-refractivity contribution is 5.94. The minimum atomic E-state index is -4.66. The number of H-pyrrole nitrogens is 1. The Morgan fingerprint density at radius 2 is 2.14 bits per heavy atom. The van der Waals surface area contributed by atoms with Gasteiger partial charge in [-0.05, 0) is 25.8 Å². The summed E-state index contributed by atoms with van der Waals surface area (Å²) in [5.74, 6) is -0.848. The van der Waals surface area contributed by atoms with Gasteiger partial charge in [0.05, 0.1) is 11.6 Å². The van der Waals surface area contributed by atoms with Crippen LogP contribution in [-0.4, -0.2) is 27.9 Å². The molecule has 1 amide bonds. The minimum absolute atomic E-state index is 0.193. The summed E-state index contributed by atoms with van der Waals surface area (Å²) in [6.07, 6.45) is -2.79. The molecule has 1 aliphatic rings. The third-order valence-corrected chi connectivity index (χ3v) is 3.24. The molecule has 21 heavy (non-hydrogen) atoms. The van der Waals surface area contributed by atoms with Crippen molar-refractivity contribution < 1.29 is 18.0 Å². The molecule has 8 heteroatoms. The van der Waals surface area contributed by atoms with E-state index in [1.165, 1.54) is 11.8 Å². The Labute approximate surface area is 118 Å². The van der Waals surface area contributed by atoms with Gasteiger partial charge in [0.15, 0.2) is 0 Å². The number of nitrogens with zero attached hydrogens (tertiary/aromatic N) is 2. The summed E-state index contributed by atoms with van der Waals surface area (Å²) in [4.78, 5) is 27.1. The first-order chi connectivity index (χ1) is 9.75. The van der Waals surface area contributed by atoms with Gasteiger partial charge in [0.1, 0.15) is 11.6 Å². The number of nitriles is 1. The number of alkyl halides is 3. The average Bonchev–Trinajstić information content (AvgIpc) is 3.22. The summed E-state index contributed by atoms with van der Waals surface area (Å²) < 4.78 is 38.0. The minimum Gasteiger partial charge on any atom is -0.328 e. The fourth-order valence-electron chi connectivity index (χ4n) is 2.02. The standard InChI is InChI=1S/C13H12F3N3O2/c1-7(5-17)19(9-2-3-9)12(21)10-4-8(13(14,15)16)6-18-11(10)20/h4,6-7,9H,2-3H2,1H3,(H,18,20). The van der Waals surface area contributed by atoms with Crippen LogP contribution in [0.15, 0.2) is 17.1 Å². The topological polar surface area (TPSA) is 77.0 Å². The summed E-state index contributed by atoms with van der Waals surface area (Å²) in [6, 6.07) is 1.40. The normalized spacial score (nSPS) is 16.1. The van der Waals surface area contributed by atoms with E-state index in [0.717, 1.165) is 0 Å². The number of halogens is 3. The average molecular weight is 299 g/mol. The summed E-state index contributed by atoms with van der Waals surface area (Å²) in [5, 5.41) is 8.92. The number of amides is 1. The van der Waals surface area contributed by atoms with Gasteiger partial charge in [0, 0.05) is 12.2 Å². The molecular weight excluding hydrogens is 287 g/mol. The quantitative estimate of drug-likeness (QED) is 0.926. The smallest absolute Gasteiger partial charge is 0.328 e. The van der Waals surface area contributed by atoms with E-state index in [0.29, 0.717) is 25.1 Å². The van der Waals surface area contributed by atoms with E-state index in [2.05, 4.69) is 0 Å². The molecule has 0 saturated heterocycles. The predicted molar refractivity (Wildman–Crippen MR) is 66.3 cm³/mol. The second kappa shape index (κ2) is 5.24. The molecule has 1 fully saturated rings. The lowest BCUT2D eigenvalue weighted by Gasteiger charge is -2.24. The molecule has 0 aliphatic heterocycles. The molecule has 0 spiro atoms. The zero-order valence-electron chi connectivity index (χ0n) is 11.1. The first-order valence-corrected chi connectivity index (χ1v) is 6.28. The van der Waals surface area contributed by atoms with Gasteiger partial charge in [-0.25, -0.2) is 0 Å². The SMILES string of the molecule is CC(C#N)N(C(=O)c1cc(C(F)(F)F)c[nH]c1=O)C1CC1. The van der Waals surface area contributed by atoms with Crippen LogP contribution in [0.4, 0.5) is 13.2 Å². The van der Waals surface area contributed by atoms with E-state index >= 15 is 0 Å². The highest BCUT2D eigenvalue weighted by atomic mass is 19.4. The summed E-state index contributed by atoms with van der Waals surface area (Å²) in [5.41, 5.74) is -2.60. The van der Waals surface area contributed by atoms with Gasteiger partial charge in [-0.15, -0.1) is 0 Å². The van der Waals surface area contributed by atoms with Gasteiger partial charge in [-0.2, -0.15) is 18.4 Å². The van der Waals surface area contributed by atoms with Crippen molar-refractivity contribution >= 4 is 5.91 Å². The molecular formula is C13H12F3N3O2. The van der Waals surface area contributed by atoms with Crippen LogP contribution in [0.3, 0.4) is 0 Å². The van der Waals surface area contributed by atoms with Crippen molar-refractivity contribution in [1.82, 2.24) is 9.88 Å². The number of aromatic amines is 1. The van der Waals surface area contributed by atoms with Crippen molar-refractivity contribution in [1.29, 1.82) is 5.26 Å². The highest BCUT2D eigenvalue weighted by Crippen LogP contribution is 2.31. The number of hydrogen-bond acceptors (Lipinski definition) is 3. The Balaban J connectivity index is 2.43. The molecule has 1 saturated carbocycles. The molecule has 112 valence electrons. The third-order valence-electron chi connectivity index (χ3n) is 3.24. The Hall–Kier alpha value is -2.30. The molecule has 1 aliphatic carbocycles. The van der Waals surface area contributed by atoms with Gasteiger partial charge in [-0.3, -0.25) is 9.59 Å². The Morgan fingerprint density at radius 1 is 1.52 bits per heavy atom. The zero-order chi connectivity index (χ0) is 15.8. The fourth-order valence-corrected chi connectivity index (χ4v) is 2.02. The van der Waals surface area contributed by atoms with Crippen LogP contribution in [-0.2, 0) is 6.18 Å².